The molecule has 0 fully saturated rings. The number of esters is 1. The molecular weight excluding hydrogens is 214 g/mol. The number of carbonyl (C=O) groups is 1. The highest BCUT2D eigenvalue weighted by molar-refractivity contribution is 6.31. The molecule has 0 aliphatic carbocycles. The summed E-state index contributed by atoms with van der Waals surface area (Å²) in [4.78, 5) is 11.4. The standard InChI is InChI=1S/C11H10ClNO2/c1-3-15-11(14)8-4-9(6-13)7(2)10(12)5-8/h4-5H,3H2,1-2H3. The molecule has 3 nitrogen and oxygen atoms in total. The van der Waals surface area contributed by atoms with Gasteiger partial charge in [0.25, 0.3) is 0 Å². The van der Waals surface area contributed by atoms with Crippen LogP contribution in [0.2, 0.25) is 5.02 Å². The zero-order chi connectivity index (χ0) is 11.4. The van der Waals surface area contributed by atoms with Crippen molar-refractivity contribution in [2.75, 3.05) is 6.61 Å². The summed E-state index contributed by atoms with van der Waals surface area (Å²) in [5.41, 5.74) is 1.38. The zero-order valence-electron chi connectivity index (χ0n) is 8.50. The number of ether oxygens (including phenoxy) is 1. The van der Waals surface area contributed by atoms with Gasteiger partial charge in [-0.2, -0.15) is 5.26 Å². The van der Waals surface area contributed by atoms with Crippen molar-refractivity contribution in [3.63, 3.8) is 0 Å². The van der Waals surface area contributed by atoms with E-state index in [0.717, 1.165) is 0 Å². The van der Waals surface area contributed by atoms with Crippen molar-refractivity contribution < 1.29 is 9.53 Å². The van der Waals surface area contributed by atoms with Gasteiger partial charge in [0, 0.05) is 5.02 Å². The van der Waals surface area contributed by atoms with E-state index < -0.39 is 5.97 Å². The number of hydrogen-bond acceptors (Lipinski definition) is 3. The fourth-order valence-corrected chi connectivity index (χ4v) is 1.35. The van der Waals surface area contributed by atoms with Crippen molar-refractivity contribution in [2.24, 2.45) is 0 Å². The minimum absolute atomic E-state index is 0.298. The van der Waals surface area contributed by atoms with Crippen LogP contribution in [0.1, 0.15) is 28.4 Å². The van der Waals surface area contributed by atoms with Crippen molar-refractivity contribution >= 4 is 17.6 Å². The van der Waals surface area contributed by atoms with Gasteiger partial charge < -0.3 is 4.74 Å². The Balaban J connectivity index is 3.18. The highest BCUT2D eigenvalue weighted by atomic mass is 35.5. The van der Waals surface area contributed by atoms with Gasteiger partial charge in [0.1, 0.15) is 0 Å². The van der Waals surface area contributed by atoms with Gasteiger partial charge in [-0.3, -0.25) is 0 Å². The highest BCUT2D eigenvalue weighted by Gasteiger charge is 2.11. The molecule has 0 saturated heterocycles. The summed E-state index contributed by atoms with van der Waals surface area (Å²) in [6.45, 7) is 3.75. The summed E-state index contributed by atoms with van der Waals surface area (Å²) in [7, 11) is 0. The number of nitrogens with zero attached hydrogens (tertiary/aromatic N) is 1. The lowest BCUT2D eigenvalue weighted by Crippen LogP contribution is -2.05. The Bertz CT molecular complexity index is 435. The van der Waals surface area contributed by atoms with E-state index in [1.165, 1.54) is 12.1 Å². The fourth-order valence-electron chi connectivity index (χ4n) is 1.13. The molecule has 78 valence electrons. The fraction of sp³-hybridized carbons (Fsp3) is 0.273. The molecule has 1 aromatic carbocycles. The summed E-state index contributed by atoms with van der Waals surface area (Å²) in [5, 5.41) is 9.22. The summed E-state index contributed by atoms with van der Waals surface area (Å²) < 4.78 is 4.82. The molecule has 0 saturated carbocycles. The van der Waals surface area contributed by atoms with Crippen LogP contribution in [0.15, 0.2) is 12.1 Å². The Morgan fingerprint density at radius 2 is 2.27 bits per heavy atom. The van der Waals surface area contributed by atoms with Gasteiger partial charge >= 0.3 is 5.97 Å². The number of rotatable bonds is 2. The first kappa shape index (κ1) is 11.5. The second-order valence-corrected chi connectivity index (χ2v) is 3.37. The van der Waals surface area contributed by atoms with E-state index in [4.69, 9.17) is 21.6 Å². The normalized spacial score (nSPS) is 9.47. The molecule has 0 amide bonds. The van der Waals surface area contributed by atoms with Gasteiger partial charge in [0.2, 0.25) is 0 Å². The molecule has 0 aliphatic heterocycles. The zero-order valence-corrected chi connectivity index (χ0v) is 9.26. The molecule has 0 radical (unpaired) electrons. The lowest BCUT2D eigenvalue weighted by Gasteiger charge is -2.05. The lowest BCUT2D eigenvalue weighted by molar-refractivity contribution is 0.0526. The van der Waals surface area contributed by atoms with Crippen LogP contribution in [0.3, 0.4) is 0 Å². The van der Waals surface area contributed by atoms with Crippen LogP contribution in [-0.2, 0) is 4.74 Å². The maximum atomic E-state index is 11.4. The Morgan fingerprint density at radius 3 is 2.80 bits per heavy atom. The molecule has 1 aromatic rings. The van der Waals surface area contributed by atoms with Crippen molar-refractivity contribution in [2.45, 2.75) is 13.8 Å². The second-order valence-electron chi connectivity index (χ2n) is 2.96. The van der Waals surface area contributed by atoms with Crippen LogP contribution in [-0.4, -0.2) is 12.6 Å². The van der Waals surface area contributed by atoms with Crippen LogP contribution in [0.4, 0.5) is 0 Å². The molecule has 0 heterocycles. The number of hydrogen-bond donors (Lipinski definition) is 0. The lowest BCUT2D eigenvalue weighted by atomic mass is 10.1. The largest absolute Gasteiger partial charge is 0.462 e. The van der Waals surface area contributed by atoms with Gasteiger partial charge in [-0.05, 0) is 31.5 Å². The maximum Gasteiger partial charge on any atom is 0.338 e. The average molecular weight is 224 g/mol. The smallest absolute Gasteiger partial charge is 0.338 e. The quantitative estimate of drug-likeness (QED) is 0.725. The summed E-state index contributed by atoms with van der Waals surface area (Å²) >= 11 is 5.88. The SMILES string of the molecule is CCOC(=O)c1cc(Cl)c(C)c(C#N)c1. The molecule has 0 bridgehead atoms. The van der Waals surface area contributed by atoms with Gasteiger partial charge in [-0.15, -0.1) is 0 Å². The third-order valence-electron chi connectivity index (χ3n) is 1.98. The third kappa shape index (κ3) is 2.48. The minimum atomic E-state index is -0.462. The van der Waals surface area contributed by atoms with Crippen molar-refractivity contribution in [3.05, 3.63) is 33.8 Å². The first-order valence-electron chi connectivity index (χ1n) is 4.47. The predicted molar refractivity (Wildman–Crippen MR) is 56.9 cm³/mol. The van der Waals surface area contributed by atoms with Crippen molar-refractivity contribution in [1.82, 2.24) is 0 Å². The molecule has 0 atom stereocenters. The first-order chi connectivity index (χ1) is 7.10. The van der Waals surface area contributed by atoms with E-state index in [0.29, 0.717) is 28.3 Å². The molecular formula is C11H10ClNO2. The number of carbonyl (C=O) groups excluding carboxylic acids is 1. The van der Waals surface area contributed by atoms with Gasteiger partial charge in [-0.1, -0.05) is 11.6 Å². The molecule has 0 aliphatic rings. The topological polar surface area (TPSA) is 50.1 Å². The van der Waals surface area contributed by atoms with E-state index in [2.05, 4.69) is 0 Å². The maximum absolute atomic E-state index is 11.4. The molecule has 0 N–H and O–H groups in total. The van der Waals surface area contributed by atoms with Crippen molar-refractivity contribution in [1.29, 1.82) is 5.26 Å². The van der Waals surface area contributed by atoms with Crippen LogP contribution in [0.25, 0.3) is 0 Å². The van der Waals surface area contributed by atoms with Gasteiger partial charge in [0.15, 0.2) is 0 Å². The Morgan fingerprint density at radius 1 is 1.60 bits per heavy atom. The van der Waals surface area contributed by atoms with Gasteiger partial charge in [0.05, 0.1) is 23.8 Å². The predicted octanol–water partition coefficient (Wildman–Crippen LogP) is 2.70. The van der Waals surface area contributed by atoms with Gasteiger partial charge in [-0.25, -0.2) is 4.79 Å². The average Bonchev–Trinajstić information content (AvgIpc) is 2.22. The first-order valence-corrected chi connectivity index (χ1v) is 4.85. The third-order valence-corrected chi connectivity index (χ3v) is 2.37. The van der Waals surface area contributed by atoms with Crippen LogP contribution >= 0.6 is 11.6 Å². The molecule has 4 heteroatoms. The number of halogens is 1. The summed E-state index contributed by atoms with van der Waals surface area (Å²) in [6.07, 6.45) is 0. The van der Waals surface area contributed by atoms with E-state index in [1.807, 2.05) is 6.07 Å². The molecule has 15 heavy (non-hydrogen) atoms. The monoisotopic (exact) mass is 223 g/mol. The molecule has 0 spiro atoms. The Labute approximate surface area is 93.2 Å². The number of nitriles is 1. The van der Waals surface area contributed by atoms with Crippen LogP contribution in [0, 0.1) is 18.3 Å². The van der Waals surface area contributed by atoms with E-state index in [9.17, 15) is 4.79 Å². The van der Waals surface area contributed by atoms with Crippen LogP contribution < -0.4 is 0 Å². The summed E-state index contributed by atoms with van der Waals surface area (Å²) in [6, 6.07) is 4.98. The molecule has 1 rings (SSSR count). The minimum Gasteiger partial charge on any atom is -0.462 e. The van der Waals surface area contributed by atoms with E-state index >= 15 is 0 Å². The molecule has 0 unspecified atom stereocenters. The highest BCUT2D eigenvalue weighted by Crippen LogP contribution is 2.21. The Kier molecular flexibility index (Phi) is 3.70. The number of benzene rings is 1. The van der Waals surface area contributed by atoms with E-state index in [-0.39, 0.29) is 0 Å². The molecule has 0 aromatic heterocycles. The second kappa shape index (κ2) is 4.81. The van der Waals surface area contributed by atoms with E-state index in [1.54, 1.807) is 13.8 Å². The van der Waals surface area contributed by atoms with Crippen LogP contribution in [0.5, 0.6) is 0 Å². The Hall–Kier alpha value is -1.53. The summed E-state index contributed by atoms with van der Waals surface area (Å²) in [5.74, 6) is -0.462. The van der Waals surface area contributed by atoms with Crippen molar-refractivity contribution in [3.8, 4) is 6.07 Å².